The van der Waals surface area contributed by atoms with Gasteiger partial charge in [0.25, 0.3) is 0 Å². The zero-order chi connectivity index (χ0) is 26.3. The monoisotopic (exact) mass is 512 g/mol. The fourth-order valence-electron chi connectivity index (χ4n) is 8.47. The third-order valence-corrected chi connectivity index (χ3v) is 9.98. The van der Waals surface area contributed by atoms with Gasteiger partial charge in [-0.3, -0.25) is 19.3 Å². The minimum Gasteiger partial charge on any atom is -0.340 e. The Morgan fingerprint density at radius 2 is 1.32 bits per heavy atom. The highest BCUT2D eigenvalue weighted by atomic mass is 16.2. The maximum Gasteiger partial charge on any atom is 0.223 e. The van der Waals surface area contributed by atoms with Gasteiger partial charge in [0.15, 0.2) is 5.78 Å². The van der Waals surface area contributed by atoms with Crippen LogP contribution in [0.2, 0.25) is 0 Å². The van der Waals surface area contributed by atoms with Gasteiger partial charge in [-0.15, -0.1) is 0 Å². The third kappa shape index (κ3) is 4.98. The average molecular weight is 513 g/mol. The molecular formula is C33H40N2O3. The maximum atomic E-state index is 13.4. The summed E-state index contributed by atoms with van der Waals surface area (Å²) in [5.74, 6) is 2.84. The van der Waals surface area contributed by atoms with Crippen LogP contribution in [0, 0.1) is 23.2 Å². The molecule has 4 aliphatic carbocycles. The Morgan fingerprint density at radius 1 is 0.763 bits per heavy atom. The molecule has 7 rings (SSSR count). The standard InChI is InChI=1S/C33H40N2O3/c1-23(36)27-7-9-29(10-8-27)32(28-5-3-2-4-6-28)35-15-13-34(14-16-35)31(38)12-11-30(37)33-20-24-17-25(21-33)19-26(18-24)22-33/h2-10,24-26,32H,11-22H2,1H3. The molecule has 4 bridgehead atoms. The number of amides is 1. The molecule has 0 aromatic heterocycles. The van der Waals surface area contributed by atoms with E-state index in [4.69, 9.17) is 0 Å². The number of benzene rings is 2. The van der Waals surface area contributed by atoms with Crippen molar-refractivity contribution in [3.05, 3.63) is 71.3 Å². The molecule has 38 heavy (non-hydrogen) atoms. The molecule has 0 spiro atoms. The van der Waals surface area contributed by atoms with Gasteiger partial charge in [0.1, 0.15) is 5.78 Å². The van der Waals surface area contributed by atoms with Crippen LogP contribution < -0.4 is 0 Å². The van der Waals surface area contributed by atoms with Crippen molar-refractivity contribution in [2.24, 2.45) is 23.2 Å². The zero-order valence-corrected chi connectivity index (χ0v) is 22.6. The smallest absolute Gasteiger partial charge is 0.223 e. The van der Waals surface area contributed by atoms with Crippen molar-refractivity contribution in [2.75, 3.05) is 26.2 Å². The fraction of sp³-hybridized carbons (Fsp3) is 0.545. The second-order valence-corrected chi connectivity index (χ2v) is 12.5. The number of nitrogens with zero attached hydrogens (tertiary/aromatic N) is 2. The highest BCUT2D eigenvalue weighted by molar-refractivity contribution is 5.94. The van der Waals surface area contributed by atoms with Crippen molar-refractivity contribution < 1.29 is 14.4 Å². The van der Waals surface area contributed by atoms with E-state index in [0.29, 0.717) is 31.7 Å². The van der Waals surface area contributed by atoms with Gasteiger partial charge >= 0.3 is 0 Å². The number of hydrogen-bond acceptors (Lipinski definition) is 4. The molecule has 5 aliphatic rings. The Morgan fingerprint density at radius 3 is 1.87 bits per heavy atom. The Labute approximate surface area is 226 Å². The lowest BCUT2D eigenvalue weighted by molar-refractivity contribution is -0.146. The van der Waals surface area contributed by atoms with Gasteiger partial charge in [0.05, 0.1) is 6.04 Å². The van der Waals surface area contributed by atoms with Gasteiger partial charge in [-0.05, 0) is 74.3 Å². The van der Waals surface area contributed by atoms with Gasteiger partial charge in [0.2, 0.25) is 5.91 Å². The molecule has 5 heteroatoms. The summed E-state index contributed by atoms with van der Waals surface area (Å²) in [6.07, 6.45) is 8.02. The van der Waals surface area contributed by atoms with E-state index in [2.05, 4.69) is 41.3 Å². The Kier molecular flexibility index (Phi) is 6.98. The van der Waals surface area contributed by atoms with Crippen molar-refractivity contribution >= 4 is 17.5 Å². The van der Waals surface area contributed by atoms with Gasteiger partial charge < -0.3 is 4.90 Å². The summed E-state index contributed by atoms with van der Waals surface area (Å²) in [5.41, 5.74) is 2.99. The Bertz CT molecular complexity index is 1150. The number of carbonyl (C=O) groups is 3. The molecule has 1 amide bonds. The van der Waals surface area contributed by atoms with Crippen molar-refractivity contribution in [3.63, 3.8) is 0 Å². The van der Waals surface area contributed by atoms with Crippen LogP contribution in [0.1, 0.15) is 85.8 Å². The van der Waals surface area contributed by atoms with E-state index < -0.39 is 0 Å². The van der Waals surface area contributed by atoms with Crippen molar-refractivity contribution in [1.29, 1.82) is 0 Å². The fourth-order valence-corrected chi connectivity index (χ4v) is 8.47. The first kappa shape index (κ1) is 25.5. The zero-order valence-electron chi connectivity index (χ0n) is 22.6. The summed E-state index contributed by atoms with van der Waals surface area (Å²) in [5, 5.41) is 0. The van der Waals surface area contributed by atoms with Gasteiger partial charge in [-0.1, -0.05) is 54.6 Å². The van der Waals surface area contributed by atoms with Crippen molar-refractivity contribution in [2.45, 2.75) is 64.3 Å². The summed E-state index contributed by atoms with van der Waals surface area (Å²) >= 11 is 0. The quantitative estimate of drug-likeness (QED) is 0.427. The minimum absolute atomic E-state index is 0.0709. The molecule has 1 aliphatic heterocycles. The van der Waals surface area contributed by atoms with Gasteiger partial charge in [0, 0.05) is 50.0 Å². The lowest BCUT2D eigenvalue weighted by Gasteiger charge is -2.56. The molecule has 4 saturated carbocycles. The summed E-state index contributed by atoms with van der Waals surface area (Å²) < 4.78 is 0. The molecule has 5 nitrogen and oxygen atoms in total. The molecule has 2 aromatic carbocycles. The molecule has 5 fully saturated rings. The molecule has 1 heterocycles. The van der Waals surface area contributed by atoms with Crippen LogP contribution in [0.5, 0.6) is 0 Å². The van der Waals surface area contributed by atoms with Crippen molar-refractivity contribution in [1.82, 2.24) is 9.80 Å². The average Bonchev–Trinajstić information content (AvgIpc) is 2.92. The summed E-state index contributed by atoms with van der Waals surface area (Å²) in [6, 6.07) is 18.5. The molecule has 0 N–H and O–H groups in total. The van der Waals surface area contributed by atoms with E-state index in [1.54, 1.807) is 6.92 Å². The van der Waals surface area contributed by atoms with E-state index in [-0.39, 0.29) is 23.1 Å². The highest BCUT2D eigenvalue weighted by Gasteiger charge is 2.54. The summed E-state index contributed by atoms with van der Waals surface area (Å²) in [7, 11) is 0. The predicted octanol–water partition coefficient (Wildman–Crippen LogP) is 5.69. The number of hydrogen-bond donors (Lipinski definition) is 0. The lowest BCUT2D eigenvalue weighted by atomic mass is 9.48. The minimum atomic E-state index is -0.103. The van der Waals surface area contributed by atoms with Crippen LogP contribution in [0.3, 0.4) is 0 Å². The molecule has 1 atom stereocenters. The van der Waals surface area contributed by atoms with E-state index in [0.717, 1.165) is 61.2 Å². The molecule has 200 valence electrons. The van der Waals surface area contributed by atoms with Crippen LogP contribution >= 0.6 is 0 Å². The number of rotatable bonds is 8. The van der Waals surface area contributed by atoms with Crippen LogP contribution in [-0.2, 0) is 9.59 Å². The maximum absolute atomic E-state index is 13.4. The predicted molar refractivity (Wildman–Crippen MR) is 148 cm³/mol. The molecule has 2 aromatic rings. The van der Waals surface area contributed by atoms with E-state index in [9.17, 15) is 14.4 Å². The van der Waals surface area contributed by atoms with Crippen molar-refractivity contribution in [3.8, 4) is 0 Å². The van der Waals surface area contributed by atoms with Gasteiger partial charge in [-0.25, -0.2) is 0 Å². The highest BCUT2D eigenvalue weighted by Crippen LogP contribution is 2.60. The molecular weight excluding hydrogens is 472 g/mol. The first-order chi connectivity index (χ1) is 18.4. The second kappa shape index (κ2) is 10.4. The lowest BCUT2D eigenvalue weighted by Crippen LogP contribution is -2.51. The van der Waals surface area contributed by atoms with Crippen LogP contribution in [0.4, 0.5) is 0 Å². The van der Waals surface area contributed by atoms with Crippen LogP contribution in [0.25, 0.3) is 0 Å². The number of Topliss-reactive ketones (excluding diaryl/α,β-unsaturated/α-hetero) is 2. The number of carbonyl (C=O) groups excluding carboxylic acids is 3. The Hall–Kier alpha value is -2.79. The topological polar surface area (TPSA) is 57.7 Å². The third-order valence-electron chi connectivity index (χ3n) is 9.98. The first-order valence-electron chi connectivity index (χ1n) is 14.6. The first-order valence-corrected chi connectivity index (χ1v) is 14.6. The van der Waals surface area contributed by atoms with E-state index >= 15 is 0 Å². The SMILES string of the molecule is CC(=O)c1ccc(C(c2ccccc2)N2CCN(C(=O)CCC(=O)C34CC5CC(CC(C5)C3)C4)CC2)cc1. The summed E-state index contributed by atoms with van der Waals surface area (Å²) in [6.45, 7) is 4.51. The van der Waals surface area contributed by atoms with E-state index in [1.807, 2.05) is 23.1 Å². The number of ketones is 2. The molecule has 1 unspecified atom stereocenters. The largest absolute Gasteiger partial charge is 0.340 e. The van der Waals surface area contributed by atoms with E-state index in [1.165, 1.54) is 24.8 Å². The van der Waals surface area contributed by atoms with Crippen LogP contribution in [-0.4, -0.2) is 53.5 Å². The van der Waals surface area contributed by atoms with Crippen LogP contribution in [0.15, 0.2) is 54.6 Å². The van der Waals surface area contributed by atoms with Gasteiger partial charge in [-0.2, -0.15) is 0 Å². The molecule has 0 radical (unpaired) electrons. The normalized spacial score (nSPS) is 29.3. The number of piperazine rings is 1. The Balaban J connectivity index is 1.07. The second-order valence-electron chi connectivity index (χ2n) is 12.5. The molecule has 1 saturated heterocycles. The summed E-state index contributed by atoms with van der Waals surface area (Å²) in [4.78, 5) is 42.8.